The highest BCUT2D eigenvalue weighted by Gasteiger charge is 2.11. The summed E-state index contributed by atoms with van der Waals surface area (Å²) >= 11 is 0. The van der Waals surface area contributed by atoms with Crippen molar-refractivity contribution < 1.29 is 9.64 Å². The molecule has 0 bridgehead atoms. The number of aromatic nitrogens is 3. The Morgan fingerprint density at radius 2 is 2.14 bits per heavy atom. The van der Waals surface area contributed by atoms with Crippen LogP contribution < -0.4 is 15.0 Å². The topological polar surface area (TPSA) is 67.3 Å². The number of hydrogen-bond acceptors (Lipinski definition) is 4. The van der Waals surface area contributed by atoms with Crippen LogP contribution in [0.2, 0.25) is 0 Å². The first kappa shape index (κ1) is 13.6. The van der Waals surface area contributed by atoms with E-state index in [-0.39, 0.29) is 0 Å². The zero-order chi connectivity index (χ0) is 14.8. The van der Waals surface area contributed by atoms with Gasteiger partial charge >= 0.3 is 0 Å². The van der Waals surface area contributed by atoms with Crippen LogP contribution >= 0.6 is 0 Å². The fourth-order valence-corrected chi connectivity index (χ4v) is 2.36. The molecule has 2 heterocycles. The van der Waals surface area contributed by atoms with Crippen LogP contribution in [-0.2, 0) is 0 Å². The van der Waals surface area contributed by atoms with E-state index in [2.05, 4.69) is 34.4 Å². The van der Waals surface area contributed by atoms with E-state index < -0.39 is 0 Å². The SMILES string of the molecule is COc1ccc2[nH]c3c(NCC[NH+](C)C)ncnc3c2c1. The number of anilines is 1. The molecule has 0 saturated heterocycles. The van der Waals surface area contributed by atoms with E-state index in [1.165, 1.54) is 4.90 Å². The zero-order valence-electron chi connectivity index (χ0n) is 12.5. The maximum absolute atomic E-state index is 5.29. The van der Waals surface area contributed by atoms with E-state index in [9.17, 15) is 0 Å². The van der Waals surface area contributed by atoms with Gasteiger partial charge in [0.25, 0.3) is 0 Å². The number of fused-ring (bicyclic) bond motifs is 3. The molecule has 3 rings (SSSR count). The predicted molar refractivity (Wildman–Crippen MR) is 84.1 cm³/mol. The molecular formula is C15H20N5O+. The normalized spacial score (nSPS) is 11.4. The predicted octanol–water partition coefficient (Wildman–Crippen LogP) is 0.676. The molecule has 0 aliphatic rings. The fraction of sp³-hybridized carbons (Fsp3) is 0.333. The van der Waals surface area contributed by atoms with E-state index in [4.69, 9.17) is 4.74 Å². The molecule has 6 heteroatoms. The second-order valence-corrected chi connectivity index (χ2v) is 5.37. The number of H-pyrrole nitrogens is 1. The summed E-state index contributed by atoms with van der Waals surface area (Å²) in [7, 11) is 5.93. The van der Waals surface area contributed by atoms with Gasteiger partial charge in [-0.05, 0) is 18.2 Å². The number of nitrogens with one attached hydrogen (secondary N) is 3. The Labute approximate surface area is 123 Å². The van der Waals surface area contributed by atoms with Crippen LogP contribution in [0.15, 0.2) is 24.5 Å². The minimum absolute atomic E-state index is 0.827. The lowest BCUT2D eigenvalue weighted by atomic mass is 10.2. The van der Waals surface area contributed by atoms with Gasteiger partial charge in [-0.15, -0.1) is 0 Å². The molecule has 3 aromatic rings. The third-order valence-electron chi connectivity index (χ3n) is 3.51. The maximum Gasteiger partial charge on any atom is 0.154 e. The minimum atomic E-state index is 0.827. The van der Waals surface area contributed by atoms with Gasteiger partial charge < -0.3 is 19.9 Å². The van der Waals surface area contributed by atoms with Crippen LogP contribution in [0.4, 0.5) is 5.82 Å². The number of rotatable bonds is 5. The Kier molecular flexibility index (Phi) is 3.62. The van der Waals surface area contributed by atoms with E-state index >= 15 is 0 Å². The Bertz CT molecular complexity index is 765. The smallest absolute Gasteiger partial charge is 0.154 e. The molecule has 110 valence electrons. The van der Waals surface area contributed by atoms with E-state index in [1.807, 2.05) is 18.2 Å². The first-order chi connectivity index (χ1) is 10.2. The average molecular weight is 286 g/mol. The van der Waals surface area contributed by atoms with Crippen molar-refractivity contribution in [3.8, 4) is 5.75 Å². The zero-order valence-corrected chi connectivity index (χ0v) is 12.5. The first-order valence-electron chi connectivity index (χ1n) is 7.02. The number of nitrogens with zero attached hydrogens (tertiary/aromatic N) is 2. The molecule has 0 atom stereocenters. The standard InChI is InChI=1S/C15H19N5O/c1-20(2)7-6-16-15-14-13(17-9-18-15)11-8-10(21-3)4-5-12(11)19-14/h4-5,8-9,19H,6-7H2,1-3H3,(H,16,17,18)/p+1. The lowest BCUT2D eigenvalue weighted by molar-refractivity contribution is -0.856. The van der Waals surface area contributed by atoms with Crippen molar-refractivity contribution in [3.63, 3.8) is 0 Å². The summed E-state index contributed by atoms with van der Waals surface area (Å²) in [5.41, 5.74) is 2.89. The number of hydrogen-bond donors (Lipinski definition) is 3. The molecule has 0 radical (unpaired) electrons. The van der Waals surface area contributed by atoms with Crippen LogP contribution in [0.5, 0.6) is 5.75 Å². The molecule has 0 aliphatic heterocycles. The Balaban J connectivity index is 2.02. The largest absolute Gasteiger partial charge is 0.497 e. The maximum atomic E-state index is 5.29. The number of benzene rings is 1. The molecule has 0 amide bonds. The molecule has 6 nitrogen and oxygen atoms in total. The summed E-state index contributed by atoms with van der Waals surface area (Å²) in [6.45, 7) is 1.90. The van der Waals surface area contributed by atoms with Gasteiger partial charge in [0, 0.05) is 10.9 Å². The lowest BCUT2D eigenvalue weighted by Gasteiger charge is -2.09. The van der Waals surface area contributed by atoms with Gasteiger partial charge in [0.15, 0.2) is 5.82 Å². The Morgan fingerprint density at radius 3 is 2.90 bits per heavy atom. The highest BCUT2D eigenvalue weighted by Crippen LogP contribution is 2.29. The van der Waals surface area contributed by atoms with Crippen LogP contribution in [0.3, 0.4) is 0 Å². The molecule has 0 unspecified atom stereocenters. The van der Waals surface area contributed by atoms with Gasteiger partial charge in [0.1, 0.15) is 23.1 Å². The molecule has 0 fully saturated rings. The molecule has 0 aliphatic carbocycles. The van der Waals surface area contributed by atoms with Crippen molar-refractivity contribution in [2.75, 3.05) is 39.6 Å². The molecular weight excluding hydrogens is 266 g/mol. The van der Waals surface area contributed by atoms with Crippen molar-refractivity contribution in [3.05, 3.63) is 24.5 Å². The Hall–Kier alpha value is -2.34. The highest BCUT2D eigenvalue weighted by molar-refractivity contribution is 6.08. The van der Waals surface area contributed by atoms with Crippen LogP contribution in [0.25, 0.3) is 21.9 Å². The number of quaternary nitrogens is 1. The van der Waals surface area contributed by atoms with E-state index in [0.717, 1.165) is 46.6 Å². The first-order valence-corrected chi connectivity index (χ1v) is 7.02. The van der Waals surface area contributed by atoms with E-state index in [0.29, 0.717) is 0 Å². The second kappa shape index (κ2) is 5.57. The van der Waals surface area contributed by atoms with Crippen LogP contribution in [0.1, 0.15) is 0 Å². The average Bonchev–Trinajstić information content (AvgIpc) is 2.85. The summed E-state index contributed by atoms with van der Waals surface area (Å²) in [5.74, 6) is 1.67. The number of ether oxygens (including phenoxy) is 1. The molecule has 21 heavy (non-hydrogen) atoms. The summed E-state index contributed by atoms with van der Waals surface area (Å²) in [4.78, 5) is 13.5. The molecule has 0 spiro atoms. The summed E-state index contributed by atoms with van der Waals surface area (Å²) in [6.07, 6.45) is 1.60. The second-order valence-electron chi connectivity index (χ2n) is 5.37. The third kappa shape index (κ3) is 2.62. The van der Waals surface area contributed by atoms with Crippen LogP contribution in [-0.4, -0.2) is 49.2 Å². The Morgan fingerprint density at radius 1 is 1.29 bits per heavy atom. The van der Waals surface area contributed by atoms with Crippen molar-refractivity contribution >= 4 is 27.8 Å². The van der Waals surface area contributed by atoms with Gasteiger partial charge in [-0.3, -0.25) is 0 Å². The molecule has 2 aromatic heterocycles. The van der Waals surface area contributed by atoms with Gasteiger partial charge in [-0.2, -0.15) is 0 Å². The fourth-order valence-electron chi connectivity index (χ4n) is 2.36. The van der Waals surface area contributed by atoms with Gasteiger partial charge in [-0.25, -0.2) is 9.97 Å². The van der Waals surface area contributed by atoms with Crippen molar-refractivity contribution in [1.29, 1.82) is 0 Å². The molecule has 0 saturated carbocycles. The van der Waals surface area contributed by atoms with Gasteiger partial charge in [0.05, 0.1) is 34.3 Å². The van der Waals surface area contributed by atoms with Crippen LogP contribution in [0, 0.1) is 0 Å². The van der Waals surface area contributed by atoms with Gasteiger partial charge in [-0.1, -0.05) is 0 Å². The molecule has 1 aromatic carbocycles. The van der Waals surface area contributed by atoms with Crippen molar-refractivity contribution in [2.45, 2.75) is 0 Å². The minimum Gasteiger partial charge on any atom is -0.497 e. The van der Waals surface area contributed by atoms with Crippen molar-refractivity contribution in [2.24, 2.45) is 0 Å². The summed E-state index contributed by atoms with van der Waals surface area (Å²) in [5, 5.41) is 4.42. The quantitative estimate of drug-likeness (QED) is 0.645. The monoisotopic (exact) mass is 286 g/mol. The lowest BCUT2D eigenvalue weighted by Crippen LogP contribution is -3.06. The molecule has 3 N–H and O–H groups in total. The van der Waals surface area contributed by atoms with E-state index in [1.54, 1.807) is 13.4 Å². The van der Waals surface area contributed by atoms with Gasteiger partial charge in [0.2, 0.25) is 0 Å². The summed E-state index contributed by atoms with van der Waals surface area (Å²) < 4.78 is 5.29. The number of aromatic amines is 1. The highest BCUT2D eigenvalue weighted by atomic mass is 16.5. The summed E-state index contributed by atoms with van der Waals surface area (Å²) in [6, 6.07) is 5.94. The number of likely N-dealkylation sites (N-methyl/N-ethyl adjacent to an activating group) is 1. The number of methoxy groups -OCH3 is 1. The van der Waals surface area contributed by atoms with Crippen molar-refractivity contribution in [1.82, 2.24) is 15.0 Å². The third-order valence-corrected chi connectivity index (χ3v) is 3.51.